The monoisotopic (exact) mass is 315 g/mol. The second kappa shape index (κ2) is 5.83. The van der Waals surface area contributed by atoms with E-state index >= 15 is 0 Å². The maximum absolute atomic E-state index is 6.00. The zero-order valence-electron chi connectivity index (χ0n) is 10.3. The lowest BCUT2D eigenvalue weighted by Crippen LogP contribution is -2.29. The van der Waals surface area contributed by atoms with E-state index in [2.05, 4.69) is 15.1 Å². The molecule has 19 heavy (non-hydrogen) atoms. The summed E-state index contributed by atoms with van der Waals surface area (Å²) in [5, 5.41) is 5.28. The van der Waals surface area contributed by atoms with E-state index in [1.807, 2.05) is 18.2 Å². The standard InChI is InChI=1S/C13H15Cl2N3S/c14-9-4-5-11-12(6-9)19-13(18-11)17-10-3-1-2-8(10)7-16-15/h4-6,8,10,16H,1-3,7H2,(H,17,18)/t8-,10+/m1/s1. The van der Waals surface area contributed by atoms with Gasteiger partial charge in [-0.15, -0.1) is 0 Å². The number of rotatable bonds is 4. The largest absolute Gasteiger partial charge is 0.358 e. The molecule has 6 heteroatoms. The fourth-order valence-corrected chi connectivity index (χ4v) is 4.09. The van der Waals surface area contributed by atoms with Crippen LogP contribution in [0, 0.1) is 5.92 Å². The average molecular weight is 316 g/mol. The molecule has 0 amide bonds. The quantitative estimate of drug-likeness (QED) is 0.827. The summed E-state index contributed by atoms with van der Waals surface area (Å²) in [7, 11) is 0. The number of thiazole rings is 1. The zero-order valence-corrected chi connectivity index (χ0v) is 12.7. The third-order valence-corrected chi connectivity index (χ3v) is 5.00. The van der Waals surface area contributed by atoms with Crippen LogP contribution >= 0.6 is 34.7 Å². The SMILES string of the molecule is ClNC[C@H]1CCC[C@@H]1Nc1nc2ccc(Cl)cc2s1. The number of hydrogen-bond donors (Lipinski definition) is 2. The number of nitrogens with zero attached hydrogens (tertiary/aromatic N) is 1. The Labute approximate surface area is 126 Å². The Balaban J connectivity index is 1.77. The highest BCUT2D eigenvalue weighted by Crippen LogP contribution is 2.32. The molecule has 0 saturated heterocycles. The molecule has 1 aliphatic carbocycles. The minimum absolute atomic E-state index is 0.460. The third-order valence-electron chi connectivity index (χ3n) is 3.66. The van der Waals surface area contributed by atoms with Gasteiger partial charge in [-0.25, -0.2) is 9.82 Å². The van der Waals surface area contributed by atoms with Gasteiger partial charge in [-0.3, -0.25) is 0 Å². The maximum Gasteiger partial charge on any atom is 0.184 e. The first-order valence-corrected chi connectivity index (χ1v) is 7.99. The molecule has 1 heterocycles. The molecule has 0 bridgehead atoms. The lowest BCUT2D eigenvalue weighted by molar-refractivity contribution is 0.501. The van der Waals surface area contributed by atoms with E-state index in [0.717, 1.165) is 26.9 Å². The van der Waals surface area contributed by atoms with Crippen molar-refractivity contribution in [3.63, 3.8) is 0 Å². The van der Waals surface area contributed by atoms with Crippen LogP contribution < -0.4 is 10.2 Å². The molecule has 0 radical (unpaired) electrons. The van der Waals surface area contributed by atoms with Gasteiger partial charge in [-0.1, -0.05) is 29.4 Å². The molecule has 1 aromatic carbocycles. The Kier molecular flexibility index (Phi) is 4.12. The lowest BCUT2D eigenvalue weighted by Gasteiger charge is -2.19. The van der Waals surface area contributed by atoms with Gasteiger partial charge in [0.1, 0.15) is 0 Å². The topological polar surface area (TPSA) is 37.0 Å². The van der Waals surface area contributed by atoms with Crippen LogP contribution in [0.3, 0.4) is 0 Å². The average Bonchev–Trinajstić information content (AvgIpc) is 2.97. The molecule has 1 aliphatic rings. The molecule has 3 rings (SSSR count). The van der Waals surface area contributed by atoms with Crippen molar-refractivity contribution in [2.75, 3.05) is 11.9 Å². The molecule has 1 saturated carbocycles. The van der Waals surface area contributed by atoms with Crippen LogP contribution in [0.5, 0.6) is 0 Å². The second-order valence-electron chi connectivity index (χ2n) is 4.91. The van der Waals surface area contributed by atoms with Gasteiger partial charge < -0.3 is 5.32 Å². The minimum atomic E-state index is 0.460. The van der Waals surface area contributed by atoms with Crippen LogP contribution in [0.15, 0.2) is 18.2 Å². The van der Waals surface area contributed by atoms with Crippen LogP contribution in [-0.4, -0.2) is 17.6 Å². The summed E-state index contributed by atoms with van der Waals surface area (Å²) in [6.45, 7) is 0.843. The first-order chi connectivity index (χ1) is 9.26. The van der Waals surface area contributed by atoms with E-state index in [9.17, 15) is 0 Å². The van der Waals surface area contributed by atoms with Gasteiger partial charge in [0.25, 0.3) is 0 Å². The predicted octanol–water partition coefficient (Wildman–Crippen LogP) is 4.27. The van der Waals surface area contributed by atoms with Gasteiger partial charge in [-0.05, 0) is 48.7 Å². The van der Waals surface area contributed by atoms with Gasteiger partial charge in [0.2, 0.25) is 0 Å². The highest BCUT2D eigenvalue weighted by Gasteiger charge is 2.27. The first kappa shape index (κ1) is 13.4. The number of halogens is 2. The fourth-order valence-electron chi connectivity index (χ4n) is 2.69. The van der Waals surface area contributed by atoms with Crippen molar-refractivity contribution in [1.29, 1.82) is 0 Å². The molecule has 2 atom stereocenters. The van der Waals surface area contributed by atoms with Crippen LogP contribution in [0.4, 0.5) is 5.13 Å². The van der Waals surface area contributed by atoms with Gasteiger partial charge >= 0.3 is 0 Å². The van der Waals surface area contributed by atoms with E-state index < -0.39 is 0 Å². The minimum Gasteiger partial charge on any atom is -0.358 e. The summed E-state index contributed by atoms with van der Waals surface area (Å²) in [6.07, 6.45) is 3.64. The molecule has 1 fully saturated rings. The van der Waals surface area contributed by atoms with Crippen molar-refractivity contribution in [2.24, 2.45) is 5.92 Å². The van der Waals surface area contributed by atoms with Gasteiger partial charge in [0.05, 0.1) is 10.2 Å². The molecule has 0 unspecified atom stereocenters. The van der Waals surface area contributed by atoms with Crippen molar-refractivity contribution in [1.82, 2.24) is 9.82 Å². The van der Waals surface area contributed by atoms with Crippen LogP contribution in [-0.2, 0) is 0 Å². The predicted molar refractivity (Wildman–Crippen MR) is 83.2 cm³/mol. The summed E-state index contributed by atoms with van der Waals surface area (Å²) in [6, 6.07) is 6.27. The van der Waals surface area contributed by atoms with Crippen LogP contribution in [0.1, 0.15) is 19.3 Å². The molecule has 2 aromatic rings. The number of fused-ring (bicyclic) bond motifs is 1. The molecular formula is C13H15Cl2N3S. The van der Waals surface area contributed by atoms with Gasteiger partial charge in [0.15, 0.2) is 5.13 Å². The molecule has 2 N–H and O–H groups in total. The molecule has 102 valence electrons. The van der Waals surface area contributed by atoms with Gasteiger partial charge in [-0.2, -0.15) is 0 Å². The first-order valence-electron chi connectivity index (χ1n) is 6.42. The lowest BCUT2D eigenvalue weighted by atomic mass is 10.0. The number of hydrogen-bond acceptors (Lipinski definition) is 4. The van der Waals surface area contributed by atoms with Crippen molar-refractivity contribution in [3.8, 4) is 0 Å². The van der Waals surface area contributed by atoms with E-state index in [4.69, 9.17) is 23.4 Å². The smallest absolute Gasteiger partial charge is 0.184 e. The maximum atomic E-state index is 6.00. The van der Waals surface area contributed by atoms with E-state index in [1.54, 1.807) is 11.3 Å². The normalized spacial score (nSPS) is 23.1. The number of anilines is 1. The highest BCUT2D eigenvalue weighted by molar-refractivity contribution is 7.22. The Morgan fingerprint density at radius 1 is 1.37 bits per heavy atom. The van der Waals surface area contributed by atoms with Crippen LogP contribution in [0.25, 0.3) is 10.2 Å². The van der Waals surface area contributed by atoms with Gasteiger partial charge in [0, 0.05) is 17.6 Å². The van der Waals surface area contributed by atoms with Crippen molar-refractivity contribution in [3.05, 3.63) is 23.2 Å². The Bertz CT molecular complexity index is 572. The molecule has 0 spiro atoms. The summed E-state index contributed by atoms with van der Waals surface area (Å²) < 4.78 is 1.13. The number of nitrogens with one attached hydrogen (secondary N) is 2. The zero-order chi connectivity index (χ0) is 13.2. The van der Waals surface area contributed by atoms with Crippen molar-refractivity contribution in [2.45, 2.75) is 25.3 Å². The third kappa shape index (κ3) is 2.97. The number of benzene rings is 1. The summed E-state index contributed by atoms with van der Waals surface area (Å²) in [4.78, 5) is 7.36. The Morgan fingerprint density at radius 2 is 2.26 bits per heavy atom. The molecule has 0 aliphatic heterocycles. The van der Waals surface area contributed by atoms with Crippen LogP contribution in [0.2, 0.25) is 5.02 Å². The van der Waals surface area contributed by atoms with Crippen molar-refractivity contribution < 1.29 is 0 Å². The molecule has 3 nitrogen and oxygen atoms in total. The van der Waals surface area contributed by atoms with E-state index in [-0.39, 0.29) is 0 Å². The van der Waals surface area contributed by atoms with E-state index in [1.165, 1.54) is 19.3 Å². The number of aromatic nitrogens is 1. The summed E-state index contributed by atoms with van der Waals surface area (Å²) >= 11 is 13.3. The summed E-state index contributed by atoms with van der Waals surface area (Å²) in [5.41, 5.74) is 1.00. The molecule has 1 aromatic heterocycles. The fraction of sp³-hybridized carbons (Fsp3) is 0.462. The van der Waals surface area contributed by atoms with Crippen molar-refractivity contribution >= 4 is 50.1 Å². The molecular weight excluding hydrogens is 301 g/mol. The van der Waals surface area contributed by atoms with E-state index in [0.29, 0.717) is 12.0 Å². The second-order valence-corrected chi connectivity index (χ2v) is 6.64. The Hall–Kier alpha value is -0.550. The Morgan fingerprint density at radius 3 is 3.11 bits per heavy atom. The highest BCUT2D eigenvalue weighted by atomic mass is 35.5. The summed E-state index contributed by atoms with van der Waals surface area (Å²) in [5.74, 6) is 0.577.